The fourth-order valence-electron chi connectivity index (χ4n) is 3.32. The van der Waals surface area contributed by atoms with Gasteiger partial charge in [-0.15, -0.1) is 0 Å². The summed E-state index contributed by atoms with van der Waals surface area (Å²) in [6, 6.07) is 2.35. The van der Waals surface area contributed by atoms with E-state index in [4.69, 9.17) is 21.7 Å². The smallest absolute Gasteiger partial charge is 0.234 e. The highest BCUT2D eigenvalue weighted by molar-refractivity contribution is 7.80. The molecule has 25 heavy (non-hydrogen) atoms. The van der Waals surface area contributed by atoms with Crippen molar-refractivity contribution >= 4 is 29.1 Å². The maximum Gasteiger partial charge on any atom is 0.234 e. The van der Waals surface area contributed by atoms with Gasteiger partial charge in [0.25, 0.3) is 0 Å². The van der Waals surface area contributed by atoms with Gasteiger partial charge in [-0.05, 0) is 51.2 Å². The van der Waals surface area contributed by atoms with Crippen LogP contribution in [0, 0.1) is 0 Å². The molecule has 0 radical (unpaired) electrons. The summed E-state index contributed by atoms with van der Waals surface area (Å²) in [7, 11) is 1.61. The van der Waals surface area contributed by atoms with Gasteiger partial charge in [0.05, 0.1) is 13.2 Å². The fourth-order valence-corrected chi connectivity index (χ4v) is 3.49. The van der Waals surface area contributed by atoms with E-state index in [1.54, 1.807) is 7.11 Å². The number of thiocarbonyl (C=S) groups is 1. The molecule has 2 N–H and O–H groups in total. The Labute approximate surface area is 154 Å². The topological polar surface area (TPSA) is 71.5 Å². The highest BCUT2D eigenvalue weighted by Gasteiger charge is 2.21. The molecular weight excluding hydrogens is 338 g/mol. The summed E-state index contributed by atoms with van der Waals surface area (Å²) < 4.78 is 10.9. The molecule has 0 aliphatic carbocycles. The molecule has 2 saturated heterocycles. The van der Waals surface area contributed by atoms with Crippen LogP contribution in [-0.2, 0) is 4.74 Å². The first-order valence-corrected chi connectivity index (χ1v) is 9.42. The molecule has 1 aromatic heterocycles. The molecule has 0 saturated carbocycles. The lowest BCUT2D eigenvalue weighted by molar-refractivity contribution is 0.114. The predicted molar refractivity (Wildman–Crippen MR) is 102 cm³/mol. The van der Waals surface area contributed by atoms with Crippen LogP contribution in [0.25, 0.3) is 0 Å². The Kier molecular flexibility index (Phi) is 6.25. The predicted octanol–water partition coefficient (Wildman–Crippen LogP) is 2.33. The van der Waals surface area contributed by atoms with E-state index in [1.165, 1.54) is 19.3 Å². The van der Waals surface area contributed by atoms with Gasteiger partial charge in [-0.25, -0.2) is 0 Å². The molecule has 7 nitrogen and oxygen atoms in total. The van der Waals surface area contributed by atoms with Crippen LogP contribution < -0.4 is 20.3 Å². The van der Waals surface area contributed by atoms with Gasteiger partial charge in [0.1, 0.15) is 5.82 Å². The third-order valence-corrected chi connectivity index (χ3v) is 4.98. The van der Waals surface area contributed by atoms with Crippen LogP contribution in [0.15, 0.2) is 6.07 Å². The zero-order valence-corrected chi connectivity index (χ0v) is 15.8. The van der Waals surface area contributed by atoms with Crippen LogP contribution in [0.1, 0.15) is 39.0 Å². The molecule has 8 heteroatoms. The second-order valence-corrected chi connectivity index (χ2v) is 7.01. The van der Waals surface area contributed by atoms with E-state index in [2.05, 4.69) is 32.4 Å². The number of nitrogens with one attached hydrogen (secondary N) is 2. The summed E-state index contributed by atoms with van der Waals surface area (Å²) >= 11 is 5.36. The largest absolute Gasteiger partial charge is 0.481 e. The molecule has 2 aliphatic heterocycles. The summed E-state index contributed by atoms with van der Waals surface area (Å²) in [6.07, 6.45) is 6.04. The van der Waals surface area contributed by atoms with Crippen molar-refractivity contribution in [3.8, 4) is 5.88 Å². The molecule has 2 fully saturated rings. The van der Waals surface area contributed by atoms with Crippen molar-refractivity contribution in [2.75, 3.05) is 37.0 Å². The first-order valence-electron chi connectivity index (χ1n) is 9.02. The van der Waals surface area contributed by atoms with Gasteiger partial charge in [0, 0.05) is 31.8 Å². The number of anilines is 2. The van der Waals surface area contributed by atoms with Gasteiger partial charge in [-0.1, -0.05) is 0 Å². The van der Waals surface area contributed by atoms with Gasteiger partial charge in [0.2, 0.25) is 11.8 Å². The van der Waals surface area contributed by atoms with Crippen LogP contribution >= 0.6 is 12.2 Å². The summed E-state index contributed by atoms with van der Waals surface area (Å²) in [5.74, 6) is 1.87. The van der Waals surface area contributed by atoms with Crippen LogP contribution in [0.4, 0.5) is 11.8 Å². The molecule has 1 aromatic rings. The minimum atomic E-state index is 0.232. The molecule has 0 spiro atoms. The standard InChI is InChI=1S/C17H27N5O2S/c1-12-6-3-4-8-22(12)14-10-15(23-2)20-16(19-14)21-17(25)18-11-13-7-5-9-24-13/h10,12-13H,3-9,11H2,1-2H3,(H2,18,19,20,21,25)/t12-,13-/m1/s1. The highest BCUT2D eigenvalue weighted by Crippen LogP contribution is 2.26. The number of ether oxygens (including phenoxy) is 2. The van der Waals surface area contributed by atoms with E-state index >= 15 is 0 Å². The van der Waals surface area contributed by atoms with E-state index in [0.29, 0.717) is 29.5 Å². The van der Waals surface area contributed by atoms with E-state index in [0.717, 1.165) is 31.8 Å². The van der Waals surface area contributed by atoms with Crippen molar-refractivity contribution in [3.63, 3.8) is 0 Å². The maximum atomic E-state index is 5.59. The summed E-state index contributed by atoms with van der Waals surface area (Å²) in [5, 5.41) is 6.75. The molecule has 3 rings (SSSR count). The molecule has 0 bridgehead atoms. The van der Waals surface area contributed by atoms with Crippen molar-refractivity contribution in [3.05, 3.63) is 6.07 Å². The molecule has 0 aromatic carbocycles. The minimum absolute atomic E-state index is 0.232. The number of methoxy groups -OCH3 is 1. The normalized spacial score (nSPS) is 23.4. The molecular formula is C17H27N5O2S. The third-order valence-electron chi connectivity index (χ3n) is 4.74. The summed E-state index contributed by atoms with van der Waals surface area (Å²) in [4.78, 5) is 11.3. The van der Waals surface area contributed by atoms with Crippen molar-refractivity contribution < 1.29 is 9.47 Å². The Bertz CT molecular complexity index is 594. The van der Waals surface area contributed by atoms with Gasteiger partial charge >= 0.3 is 0 Å². The zero-order valence-electron chi connectivity index (χ0n) is 15.0. The van der Waals surface area contributed by atoms with Crippen molar-refractivity contribution in [2.45, 2.75) is 51.2 Å². The van der Waals surface area contributed by atoms with Crippen molar-refractivity contribution in [2.24, 2.45) is 0 Å². The first kappa shape index (κ1) is 18.1. The number of piperidine rings is 1. The quantitative estimate of drug-likeness (QED) is 0.771. The van der Waals surface area contributed by atoms with E-state index in [1.807, 2.05) is 6.07 Å². The number of hydrogen-bond acceptors (Lipinski definition) is 6. The lowest BCUT2D eigenvalue weighted by Crippen LogP contribution is -2.38. The summed E-state index contributed by atoms with van der Waals surface area (Å²) in [6.45, 7) is 4.77. The molecule has 3 heterocycles. The monoisotopic (exact) mass is 365 g/mol. The second kappa shape index (κ2) is 8.62. The van der Waals surface area contributed by atoms with Gasteiger partial charge in [-0.2, -0.15) is 9.97 Å². The van der Waals surface area contributed by atoms with E-state index in [9.17, 15) is 0 Å². The van der Waals surface area contributed by atoms with Crippen molar-refractivity contribution in [1.82, 2.24) is 15.3 Å². The summed E-state index contributed by atoms with van der Waals surface area (Å²) in [5.41, 5.74) is 0. The molecule has 138 valence electrons. The zero-order chi connectivity index (χ0) is 17.6. The Morgan fingerprint density at radius 1 is 1.36 bits per heavy atom. The Balaban J connectivity index is 1.65. The minimum Gasteiger partial charge on any atom is -0.481 e. The number of nitrogens with zero attached hydrogens (tertiary/aromatic N) is 3. The van der Waals surface area contributed by atoms with Crippen LogP contribution in [0.2, 0.25) is 0 Å². The fraction of sp³-hybridized carbons (Fsp3) is 0.706. The second-order valence-electron chi connectivity index (χ2n) is 6.60. The molecule has 0 unspecified atom stereocenters. The van der Waals surface area contributed by atoms with Crippen LogP contribution in [-0.4, -0.2) is 54.0 Å². The van der Waals surface area contributed by atoms with Gasteiger partial charge in [0.15, 0.2) is 5.11 Å². The number of rotatable bonds is 5. The molecule has 2 atom stereocenters. The Morgan fingerprint density at radius 2 is 2.24 bits per heavy atom. The lowest BCUT2D eigenvalue weighted by Gasteiger charge is -2.34. The Morgan fingerprint density at radius 3 is 2.96 bits per heavy atom. The lowest BCUT2D eigenvalue weighted by atomic mass is 10.0. The highest BCUT2D eigenvalue weighted by atomic mass is 32.1. The van der Waals surface area contributed by atoms with Gasteiger partial charge in [-0.3, -0.25) is 0 Å². The van der Waals surface area contributed by atoms with Crippen molar-refractivity contribution in [1.29, 1.82) is 0 Å². The number of aromatic nitrogens is 2. The average Bonchev–Trinajstić information content (AvgIpc) is 3.13. The Hall–Kier alpha value is -1.67. The SMILES string of the molecule is COc1cc(N2CCCC[C@H]2C)nc(NC(=S)NC[C@H]2CCCO2)n1. The maximum absolute atomic E-state index is 5.59. The average molecular weight is 366 g/mol. The van der Waals surface area contributed by atoms with E-state index in [-0.39, 0.29) is 6.10 Å². The van der Waals surface area contributed by atoms with E-state index < -0.39 is 0 Å². The molecule has 0 amide bonds. The third kappa shape index (κ3) is 4.92. The molecule has 2 aliphatic rings. The van der Waals surface area contributed by atoms with Gasteiger partial charge < -0.3 is 25.0 Å². The van der Waals surface area contributed by atoms with Crippen LogP contribution in [0.3, 0.4) is 0 Å². The first-order chi connectivity index (χ1) is 12.2. The van der Waals surface area contributed by atoms with Crippen LogP contribution in [0.5, 0.6) is 5.88 Å². The number of hydrogen-bond donors (Lipinski definition) is 2.